The highest BCUT2D eigenvalue weighted by Crippen LogP contribution is 2.46. The van der Waals surface area contributed by atoms with Gasteiger partial charge < -0.3 is 10.2 Å². The van der Waals surface area contributed by atoms with Crippen molar-refractivity contribution < 1.29 is 4.79 Å². The monoisotopic (exact) mass is 380 g/mol. The summed E-state index contributed by atoms with van der Waals surface area (Å²) in [5, 5.41) is 3.68. The zero-order chi connectivity index (χ0) is 18.8. The fourth-order valence-corrected chi connectivity index (χ4v) is 6.62. The lowest BCUT2D eigenvalue weighted by molar-refractivity contribution is 0.0686. The zero-order valence-electron chi connectivity index (χ0n) is 16.4. The van der Waals surface area contributed by atoms with Crippen LogP contribution in [0.1, 0.15) is 60.3 Å². The molecule has 0 radical (unpaired) electrons. The molecule has 2 aliphatic heterocycles. The van der Waals surface area contributed by atoms with Gasteiger partial charge in [0.05, 0.1) is 4.88 Å². The van der Waals surface area contributed by atoms with Crippen LogP contribution in [-0.4, -0.2) is 36.0 Å². The van der Waals surface area contributed by atoms with E-state index in [0.29, 0.717) is 18.1 Å². The van der Waals surface area contributed by atoms with Crippen molar-refractivity contribution in [3.05, 3.63) is 46.3 Å². The van der Waals surface area contributed by atoms with Crippen LogP contribution in [0.5, 0.6) is 0 Å². The van der Waals surface area contributed by atoms with Gasteiger partial charge >= 0.3 is 0 Å². The van der Waals surface area contributed by atoms with Crippen molar-refractivity contribution in [2.75, 3.05) is 7.05 Å². The van der Waals surface area contributed by atoms with E-state index in [1.165, 1.54) is 34.4 Å². The normalized spacial score (nSPS) is 27.7. The number of piperidine rings is 1. The highest BCUT2D eigenvalue weighted by Gasteiger charge is 2.38. The Balaban J connectivity index is 1.45. The largest absolute Gasteiger partial charge is 0.338 e. The molecule has 2 unspecified atom stereocenters. The van der Waals surface area contributed by atoms with Crippen LogP contribution in [0.4, 0.5) is 0 Å². The van der Waals surface area contributed by atoms with Gasteiger partial charge in [0, 0.05) is 30.1 Å². The van der Waals surface area contributed by atoms with Crippen LogP contribution in [0.2, 0.25) is 0 Å². The van der Waals surface area contributed by atoms with Gasteiger partial charge in [-0.25, -0.2) is 0 Å². The summed E-state index contributed by atoms with van der Waals surface area (Å²) in [4.78, 5) is 17.5. The second kappa shape index (κ2) is 6.18. The topological polar surface area (TPSA) is 32.3 Å². The molecule has 1 aromatic heterocycles. The molecule has 2 bridgehead atoms. The second-order valence-electron chi connectivity index (χ2n) is 9.25. The molecule has 3 heterocycles. The number of nitrogens with one attached hydrogen (secondary N) is 1. The Morgan fingerprint density at radius 1 is 1.19 bits per heavy atom. The van der Waals surface area contributed by atoms with E-state index in [9.17, 15) is 4.79 Å². The molecule has 0 spiro atoms. The summed E-state index contributed by atoms with van der Waals surface area (Å²) in [6.45, 7) is 4.62. The Bertz CT molecular complexity index is 888. The molecule has 2 fully saturated rings. The molecule has 1 amide bonds. The lowest BCUT2D eigenvalue weighted by Crippen LogP contribution is -2.48. The van der Waals surface area contributed by atoms with E-state index in [4.69, 9.17) is 0 Å². The fraction of sp³-hybridized carbons (Fsp3) is 0.522. The highest BCUT2D eigenvalue weighted by atomic mass is 32.1. The van der Waals surface area contributed by atoms with Gasteiger partial charge in [-0.05, 0) is 60.3 Å². The van der Waals surface area contributed by atoms with Gasteiger partial charge in [-0.3, -0.25) is 4.79 Å². The van der Waals surface area contributed by atoms with E-state index in [-0.39, 0.29) is 11.3 Å². The lowest BCUT2D eigenvalue weighted by atomic mass is 9.73. The standard InChI is InChI=1S/C23H28N2OS/c1-23(2)13-14-10-20(27-21(14)18-6-4-5-7-19(18)23)22(26)25(3)17-11-15-8-9-16(12-17)24-15/h4-7,10,15-17,24H,8-9,11-13H2,1-3H3. The molecule has 142 valence electrons. The van der Waals surface area contributed by atoms with Crippen LogP contribution in [-0.2, 0) is 11.8 Å². The van der Waals surface area contributed by atoms with Crippen LogP contribution in [0.25, 0.3) is 10.4 Å². The molecule has 1 aliphatic carbocycles. The van der Waals surface area contributed by atoms with Gasteiger partial charge in [-0.1, -0.05) is 38.1 Å². The minimum absolute atomic E-state index is 0.116. The van der Waals surface area contributed by atoms with Gasteiger partial charge in [0.2, 0.25) is 0 Å². The summed E-state index contributed by atoms with van der Waals surface area (Å²) >= 11 is 1.69. The van der Waals surface area contributed by atoms with Crippen molar-refractivity contribution in [2.45, 2.75) is 69.5 Å². The maximum Gasteiger partial charge on any atom is 0.263 e. The molecule has 1 aromatic carbocycles. The minimum Gasteiger partial charge on any atom is -0.338 e. The van der Waals surface area contributed by atoms with Crippen molar-refractivity contribution in [2.24, 2.45) is 0 Å². The van der Waals surface area contributed by atoms with Gasteiger partial charge in [0.25, 0.3) is 5.91 Å². The summed E-state index contributed by atoms with van der Waals surface area (Å²) in [5.41, 5.74) is 4.17. The predicted octanol–water partition coefficient (Wildman–Crippen LogP) is 4.60. The molecular weight excluding hydrogens is 352 g/mol. The van der Waals surface area contributed by atoms with Crippen LogP contribution >= 0.6 is 11.3 Å². The Hall–Kier alpha value is -1.65. The van der Waals surface area contributed by atoms with E-state index in [1.807, 2.05) is 11.9 Å². The van der Waals surface area contributed by atoms with Gasteiger partial charge in [0.15, 0.2) is 0 Å². The number of hydrogen-bond donors (Lipinski definition) is 1. The first-order chi connectivity index (χ1) is 12.9. The highest BCUT2D eigenvalue weighted by molar-refractivity contribution is 7.17. The van der Waals surface area contributed by atoms with E-state index in [1.54, 1.807) is 11.3 Å². The van der Waals surface area contributed by atoms with Gasteiger partial charge in [0.1, 0.15) is 0 Å². The number of hydrogen-bond acceptors (Lipinski definition) is 3. The summed E-state index contributed by atoms with van der Waals surface area (Å²) in [6.07, 6.45) is 5.73. The average Bonchev–Trinajstić information content (AvgIpc) is 3.22. The first kappa shape index (κ1) is 17.4. The molecule has 4 heteroatoms. The Morgan fingerprint density at radius 2 is 1.89 bits per heavy atom. The lowest BCUT2D eigenvalue weighted by Gasteiger charge is -2.35. The number of carbonyl (C=O) groups is 1. The van der Waals surface area contributed by atoms with E-state index in [2.05, 4.69) is 49.5 Å². The number of rotatable bonds is 2. The number of amides is 1. The molecule has 5 rings (SSSR count). The third-order valence-corrected chi connectivity index (χ3v) is 8.07. The first-order valence-corrected chi connectivity index (χ1v) is 11.0. The van der Waals surface area contributed by atoms with Gasteiger partial charge in [-0.2, -0.15) is 0 Å². The molecule has 2 saturated heterocycles. The molecule has 2 aromatic rings. The quantitative estimate of drug-likeness (QED) is 0.825. The molecule has 1 N–H and O–H groups in total. The third kappa shape index (κ3) is 2.85. The summed E-state index contributed by atoms with van der Waals surface area (Å²) in [5.74, 6) is 0.205. The summed E-state index contributed by atoms with van der Waals surface area (Å²) in [6, 6.07) is 12.5. The van der Waals surface area contributed by atoms with Crippen LogP contribution in [0.3, 0.4) is 0 Å². The maximum absolute atomic E-state index is 13.3. The number of benzene rings is 1. The van der Waals surface area contributed by atoms with Crippen molar-refractivity contribution >= 4 is 17.2 Å². The van der Waals surface area contributed by atoms with E-state index >= 15 is 0 Å². The van der Waals surface area contributed by atoms with Crippen molar-refractivity contribution in [1.29, 1.82) is 0 Å². The van der Waals surface area contributed by atoms with Gasteiger partial charge in [-0.15, -0.1) is 11.3 Å². The van der Waals surface area contributed by atoms with Crippen LogP contribution < -0.4 is 5.32 Å². The Labute approximate surface area is 165 Å². The minimum atomic E-state index is 0.116. The van der Waals surface area contributed by atoms with Crippen molar-refractivity contribution in [1.82, 2.24) is 10.2 Å². The number of nitrogens with zero attached hydrogens (tertiary/aromatic N) is 1. The second-order valence-corrected chi connectivity index (χ2v) is 10.3. The number of carbonyl (C=O) groups excluding carboxylic acids is 1. The summed E-state index contributed by atoms with van der Waals surface area (Å²) in [7, 11) is 2.01. The van der Waals surface area contributed by atoms with Crippen LogP contribution in [0, 0.1) is 0 Å². The molecule has 0 saturated carbocycles. The number of fused-ring (bicyclic) bond motifs is 5. The number of thiophene rings is 1. The maximum atomic E-state index is 13.3. The molecule has 27 heavy (non-hydrogen) atoms. The van der Waals surface area contributed by atoms with Crippen molar-refractivity contribution in [3.8, 4) is 10.4 Å². The van der Waals surface area contributed by atoms with Crippen molar-refractivity contribution in [3.63, 3.8) is 0 Å². The Kier molecular flexibility index (Phi) is 3.99. The smallest absolute Gasteiger partial charge is 0.263 e. The molecule has 3 nitrogen and oxygen atoms in total. The molecular formula is C23H28N2OS. The van der Waals surface area contributed by atoms with E-state index in [0.717, 1.165) is 24.1 Å². The van der Waals surface area contributed by atoms with E-state index < -0.39 is 0 Å². The first-order valence-electron chi connectivity index (χ1n) is 10.2. The summed E-state index contributed by atoms with van der Waals surface area (Å²) < 4.78 is 0. The zero-order valence-corrected chi connectivity index (χ0v) is 17.2. The Morgan fingerprint density at radius 3 is 2.63 bits per heavy atom. The molecule has 3 aliphatic rings. The average molecular weight is 381 g/mol. The predicted molar refractivity (Wildman–Crippen MR) is 112 cm³/mol. The fourth-order valence-electron chi connectivity index (χ4n) is 5.42. The van der Waals surface area contributed by atoms with Crippen LogP contribution in [0.15, 0.2) is 30.3 Å². The SMILES string of the molecule is CN(C(=O)c1cc2c(s1)-c1ccccc1C(C)(C)C2)C1CC2CCC(C1)N2. The molecule has 2 atom stereocenters. The third-order valence-electron chi connectivity index (χ3n) is 6.87.